The van der Waals surface area contributed by atoms with Gasteiger partial charge in [-0.1, -0.05) is 23.3 Å². The van der Waals surface area contributed by atoms with Crippen LogP contribution in [0.15, 0.2) is 30.3 Å². The first-order chi connectivity index (χ1) is 10.8. The molecule has 1 atom stereocenters. The maximum absolute atomic E-state index is 11.3. The van der Waals surface area contributed by atoms with Gasteiger partial charge in [0.25, 0.3) is 0 Å². The average Bonchev–Trinajstić information content (AvgIpc) is 3.19. The molecule has 0 saturated carbocycles. The second-order valence-electron chi connectivity index (χ2n) is 5.65. The zero-order valence-corrected chi connectivity index (χ0v) is 12.0. The van der Waals surface area contributed by atoms with Crippen molar-refractivity contribution in [1.82, 2.24) is 25.5 Å². The Labute approximate surface area is 127 Å². The summed E-state index contributed by atoms with van der Waals surface area (Å²) in [5, 5.41) is 14.9. The van der Waals surface area contributed by atoms with E-state index in [-0.39, 0.29) is 18.1 Å². The SMILES string of the molecule is O=C1COC2(CCN(c3nnnn3-c3ccccc3)C2)CN1. The zero-order chi connectivity index (χ0) is 15.0. The van der Waals surface area contributed by atoms with Crippen molar-refractivity contribution in [3.63, 3.8) is 0 Å². The number of para-hydroxylation sites is 1. The molecule has 3 heterocycles. The summed E-state index contributed by atoms with van der Waals surface area (Å²) in [5.74, 6) is 0.641. The van der Waals surface area contributed by atoms with Gasteiger partial charge in [-0.25, -0.2) is 0 Å². The summed E-state index contributed by atoms with van der Waals surface area (Å²) in [5.41, 5.74) is 0.586. The average molecular weight is 300 g/mol. The van der Waals surface area contributed by atoms with Crippen LogP contribution in [0.25, 0.3) is 5.69 Å². The molecule has 8 heteroatoms. The van der Waals surface area contributed by atoms with Crippen molar-refractivity contribution in [1.29, 1.82) is 0 Å². The summed E-state index contributed by atoms with van der Waals surface area (Å²) in [6.07, 6.45) is 0.842. The highest BCUT2D eigenvalue weighted by Crippen LogP contribution is 2.30. The third-order valence-electron chi connectivity index (χ3n) is 4.17. The van der Waals surface area contributed by atoms with Crippen LogP contribution in [-0.4, -0.2) is 58.0 Å². The highest BCUT2D eigenvalue weighted by atomic mass is 16.5. The summed E-state index contributed by atoms with van der Waals surface area (Å²) in [6, 6.07) is 9.78. The van der Waals surface area contributed by atoms with E-state index < -0.39 is 0 Å². The highest BCUT2D eigenvalue weighted by Gasteiger charge is 2.43. The van der Waals surface area contributed by atoms with Gasteiger partial charge in [0.05, 0.1) is 12.2 Å². The molecule has 2 fully saturated rings. The zero-order valence-electron chi connectivity index (χ0n) is 12.0. The number of benzene rings is 1. The molecule has 1 unspecified atom stereocenters. The van der Waals surface area contributed by atoms with Crippen LogP contribution >= 0.6 is 0 Å². The molecule has 1 spiro atoms. The van der Waals surface area contributed by atoms with Gasteiger partial charge in [0, 0.05) is 13.1 Å². The Bertz CT molecular complexity index is 676. The molecule has 4 rings (SSSR count). The van der Waals surface area contributed by atoms with Crippen molar-refractivity contribution in [3.05, 3.63) is 30.3 Å². The Balaban J connectivity index is 1.57. The maximum Gasteiger partial charge on any atom is 0.250 e. The van der Waals surface area contributed by atoms with Crippen LogP contribution in [0.4, 0.5) is 5.95 Å². The third kappa shape index (κ3) is 2.21. The molecule has 2 aliphatic rings. The largest absolute Gasteiger partial charge is 0.361 e. The van der Waals surface area contributed by atoms with E-state index in [1.165, 1.54) is 0 Å². The van der Waals surface area contributed by atoms with E-state index in [0.29, 0.717) is 19.0 Å². The molecule has 8 nitrogen and oxygen atoms in total. The van der Waals surface area contributed by atoms with Gasteiger partial charge in [0.2, 0.25) is 11.9 Å². The Morgan fingerprint density at radius 2 is 2.14 bits per heavy atom. The van der Waals surface area contributed by atoms with Crippen molar-refractivity contribution >= 4 is 11.9 Å². The standard InChI is InChI=1S/C14H16N6O2/c21-12-8-22-14(9-15-12)6-7-19(10-14)13-16-17-18-20(13)11-4-2-1-3-5-11/h1-5H,6-10H2,(H,15,21). The molecule has 0 radical (unpaired) electrons. The Kier molecular flexibility index (Phi) is 3.04. The first-order valence-corrected chi connectivity index (χ1v) is 7.25. The van der Waals surface area contributed by atoms with Gasteiger partial charge in [-0.15, -0.1) is 0 Å². The van der Waals surface area contributed by atoms with Gasteiger partial charge in [-0.3, -0.25) is 4.79 Å². The van der Waals surface area contributed by atoms with Crippen molar-refractivity contribution < 1.29 is 9.53 Å². The molecule has 114 valence electrons. The minimum absolute atomic E-state index is 0.0572. The van der Waals surface area contributed by atoms with E-state index in [0.717, 1.165) is 18.7 Å². The van der Waals surface area contributed by atoms with E-state index in [9.17, 15) is 4.79 Å². The summed E-state index contributed by atoms with van der Waals surface area (Å²) in [6.45, 7) is 2.12. The van der Waals surface area contributed by atoms with Gasteiger partial charge in [-0.05, 0) is 29.0 Å². The Hall–Kier alpha value is -2.48. The number of carbonyl (C=O) groups excluding carboxylic acids is 1. The lowest BCUT2D eigenvalue weighted by atomic mass is 10.0. The quantitative estimate of drug-likeness (QED) is 0.824. The minimum Gasteiger partial charge on any atom is -0.361 e. The molecule has 22 heavy (non-hydrogen) atoms. The van der Waals surface area contributed by atoms with Crippen molar-refractivity contribution in [2.24, 2.45) is 0 Å². The fourth-order valence-corrected chi connectivity index (χ4v) is 2.97. The lowest BCUT2D eigenvalue weighted by Gasteiger charge is -2.33. The second-order valence-corrected chi connectivity index (χ2v) is 5.65. The summed E-state index contributed by atoms with van der Waals surface area (Å²) in [7, 11) is 0. The number of amides is 1. The molecule has 1 aromatic carbocycles. The third-order valence-corrected chi connectivity index (χ3v) is 4.17. The fourth-order valence-electron chi connectivity index (χ4n) is 2.97. The fraction of sp³-hybridized carbons (Fsp3) is 0.429. The lowest BCUT2D eigenvalue weighted by molar-refractivity contribution is -0.141. The van der Waals surface area contributed by atoms with Crippen molar-refractivity contribution in [2.75, 3.05) is 31.1 Å². The summed E-state index contributed by atoms with van der Waals surface area (Å²) >= 11 is 0. The number of hydrogen-bond acceptors (Lipinski definition) is 6. The first kappa shape index (κ1) is 13.2. The number of morpholine rings is 1. The normalized spacial score (nSPS) is 24.7. The molecular weight excluding hydrogens is 284 g/mol. The maximum atomic E-state index is 11.3. The van der Waals surface area contributed by atoms with Crippen molar-refractivity contribution in [2.45, 2.75) is 12.0 Å². The predicted molar refractivity (Wildman–Crippen MR) is 77.7 cm³/mol. The van der Waals surface area contributed by atoms with Crippen LogP contribution in [0.1, 0.15) is 6.42 Å². The van der Waals surface area contributed by atoms with Crippen molar-refractivity contribution in [3.8, 4) is 5.69 Å². The van der Waals surface area contributed by atoms with E-state index in [4.69, 9.17) is 4.74 Å². The monoisotopic (exact) mass is 300 g/mol. The van der Waals surface area contributed by atoms with Crippen LogP contribution in [0.2, 0.25) is 0 Å². The molecule has 2 saturated heterocycles. The number of carbonyl (C=O) groups is 1. The van der Waals surface area contributed by atoms with E-state index >= 15 is 0 Å². The summed E-state index contributed by atoms with van der Waals surface area (Å²) < 4.78 is 7.50. The van der Waals surface area contributed by atoms with Gasteiger partial charge in [-0.2, -0.15) is 4.68 Å². The van der Waals surface area contributed by atoms with Gasteiger partial charge < -0.3 is 15.0 Å². The van der Waals surface area contributed by atoms with Gasteiger partial charge >= 0.3 is 0 Å². The molecule has 0 aliphatic carbocycles. The molecular formula is C14H16N6O2. The second kappa shape index (κ2) is 5.06. The van der Waals surface area contributed by atoms with Crippen LogP contribution < -0.4 is 10.2 Å². The number of nitrogens with zero attached hydrogens (tertiary/aromatic N) is 5. The molecule has 1 aromatic heterocycles. The number of hydrogen-bond donors (Lipinski definition) is 1. The molecule has 2 aliphatic heterocycles. The van der Waals surface area contributed by atoms with Crippen LogP contribution in [0.5, 0.6) is 0 Å². The topological polar surface area (TPSA) is 85.2 Å². The Morgan fingerprint density at radius 1 is 1.27 bits per heavy atom. The molecule has 2 aromatic rings. The number of nitrogens with one attached hydrogen (secondary N) is 1. The van der Waals surface area contributed by atoms with Crippen LogP contribution in [0.3, 0.4) is 0 Å². The number of anilines is 1. The van der Waals surface area contributed by atoms with E-state index in [1.807, 2.05) is 30.3 Å². The van der Waals surface area contributed by atoms with E-state index in [1.54, 1.807) is 4.68 Å². The van der Waals surface area contributed by atoms with Gasteiger partial charge in [0.1, 0.15) is 12.2 Å². The number of rotatable bonds is 2. The smallest absolute Gasteiger partial charge is 0.250 e. The minimum atomic E-state index is -0.332. The highest BCUT2D eigenvalue weighted by molar-refractivity contribution is 5.78. The Morgan fingerprint density at radius 3 is 2.91 bits per heavy atom. The van der Waals surface area contributed by atoms with E-state index in [2.05, 4.69) is 25.7 Å². The van der Waals surface area contributed by atoms with Gasteiger partial charge in [0.15, 0.2) is 0 Å². The van der Waals surface area contributed by atoms with Crippen LogP contribution in [-0.2, 0) is 9.53 Å². The number of ether oxygens (including phenoxy) is 1. The molecule has 0 bridgehead atoms. The molecule has 1 N–H and O–H groups in total. The number of aromatic nitrogens is 4. The first-order valence-electron chi connectivity index (χ1n) is 7.25. The lowest BCUT2D eigenvalue weighted by Crippen LogP contribution is -2.54. The summed E-state index contributed by atoms with van der Waals surface area (Å²) in [4.78, 5) is 13.4. The number of tetrazole rings is 1. The molecule has 1 amide bonds. The van der Waals surface area contributed by atoms with Crippen LogP contribution in [0, 0.1) is 0 Å². The predicted octanol–water partition coefficient (Wildman–Crippen LogP) is -0.242.